The Hall–Kier alpha value is -3.14. The zero-order chi connectivity index (χ0) is 28.7. The van der Waals surface area contributed by atoms with Crippen LogP contribution in [0.15, 0.2) is 77.7 Å². The lowest BCUT2D eigenvalue weighted by Gasteiger charge is -2.32. The molecule has 0 aliphatic carbocycles. The van der Waals surface area contributed by atoms with E-state index in [0.717, 1.165) is 16.4 Å². The second-order valence-electron chi connectivity index (χ2n) is 9.39. The molecular formula is C28H30Cl2FN3O4S. The van der Waals surface area contributed by atoms with Gasteiger partial charge in [-0.2, -0.15) is 0 Å². The summed E-state index contributed by atoms with van der Waals surface area (Å²) in [6.45, 7) is 5.20. The SMILES string of the molecule is CC(C)CNC(=O)[C@H](C)N(Cc1cccc(Cl)c1)C(=O)CN(c1ccc(F)c(Cl)c1)S(=O)(=O)c1ccccc1. The first-order chi connectivity index (χ1) is 18.4. The van der Waals surface area contributed by atoms with E-state index in [-0.39, 0.29) is 34.0 Å². The number of anilines is 1. The van der Waals surface area contributed by atoms with Gasteiger partial charge in [-0.3, -0.25) is 13.9 Å². The number of hydrogen-bond acceptors (Lipinski definition) is 4. The van der Waals surface area contributed by atoms with Crippen molar-refractivity contribution >= 4 is 50.7 Å². The Balaban J connectivity index is 2.03. The van der Waals surface area contributed by atoms with E-state index in [2.05, 4.69) is 5.32 Å². The van der Waals surface area contributed by atoms with Gasteiger partial charge in [-0.25, -0.2) is 12.8 Å². The first kappa shape index (κ1) is 30.4. The van der Waals surface area contributed by atoms with Gasteiger partial charge in [-0.15, -0.1) is 0 Å². The van der Waals surface area contributed by atoms with Crippen LogP contribution in [0.2, 0.25) is 10.0 Å². The normalized spacial score (nSPS) is 12.2. The van der Waals surface area contributed by atoms with Gasteiger partial charge in [-0.1, -0.05) is 67.4 Å². The van der Waals surface area contributed by atoms with Crippen molar-refractivity contribution in [2.24, 2.45) is 5.92 Å². The van der Waals surface area contributed by atoms with Crippen LogP contribution in [0.25, 0.3) is 0 Å². The predicted octanol–water partition coefficient (Wildman–Crippen LogP) is 5.52. The maximum Gasteiger partial charge on any atom is 0.264 e. The summed E-state index contributed by atoms with van der Waals surface area (Å²) >= 11 is 12.1. The summed E-state index contributed by atoms with van der Waals surface area (Å²) in [6.07, 6.45) is 0. The highest BCUT2D eigenvalue weighted by atomic mass is 35.5. The molecule has 39 heavy (non-hydrogen) atoms. The van der Waals surface area contributed by atoms with E-state index >= 15 is 0 Å². The molecule has 3 rings (SSSR count). The number of sulfonamides is 1. The number of benzene rings is 3. The van der Waals surface area contributed by atoms with Crippen LogP contribution in [-0.2, 0) is 26.2 Å². The smallest absolute Gasteiger partial charge is 0.264 e. The number of carbonyl (C=O) groups is 2. The molecule has 7 nitrogen and oxygen atoms in total. The van der Waals surface area contributed by atoms with E-state index in [1.54, 1.807) is 49.4 Å². The zero-order valence-electron chi connectivity index (χ0n) is 21.8. The molecule has 0 fully saturated rings. The minimum absolute atomic E-state index is 0.000935. The van der Waals surface area contributed by atoms with Crippen molar-refractivity contribution in [3.63, 3.8) is 0 Å². The van der Waals surface area contributed by atoms with Gasteiger partial charge in [0.05, 0.1) is 15.6 Å². The summed E-state index contributed by atoms with van der Waals surface area (Å²) in [5.74, 6) is -1.58. The van der Waals surface area contributed by atoms with E-state index in [9.17, 15) is 22.4 Å². The fourth-order valence-corrected chi connectivity index (χ4v) is 5.57. The third kappa shape index (κ3) is 7.94. The minimum atomic E-state index is -4.28. The predicted molar refractivity (Wildman–Crippen MR) is 152 cm³/mol. The van der Waals surface area contributed by atoms with Crippen LogP contribution < -0.4 is 9.62 Å². The van der Waals surface area contributed by atoms with Gasteiger partial charge in [0, 0.05) is 18.1 Å². The molecule has 2 amide bonds. The van der Waals surface area contributed by atoms with Crippen molar-refractivity contribution in [3.8, 4) is 0 Å². The van der Waals surface area contributed by atoms with Gasteiger partial charge in [0.15, 0.2) is 0 Å². The largest absolute Gasteiger partial charge is 0.354 e. The number of rotatable bonds is 11. The maximum atomic E-state index is 13.9. The average Bonchev–Trinajstić information content (AvgIpc) is 2.90. The number of hydrogen-bond donors (Lipinski definition) is 1. The van der Waals surface area contributed by atoms with E-state index in [4.69, 9.17) is 23.2 Å². The topological polar surface area (TPSA) is 86.8 Å². The number of amides is 2. The number of nitrogens with zero attached hydrogens (tertiary/aromatic N) is 2. The molecule has 0 saturated heterocycles. The van der Waals surface area contributed by atoms with Crippen molar-refractivity contribution in [2.45, 2.75) is 38.3 Å². The van der Waals surface area contributed by atoms with E-state index in [0.29, 0.717) is 17.1 Å². The first-order valence-corrected chi connectivity index (χ1v) is 14.4. The van der Waals surface area contributed by atoms with E-state index < -0.39 is 34.3 Å². The molecule has 11 heteroatoms. The molecule has 0 radical (unpaired) electrons. The summed E-state index contributed by atoms with van der Waals surface area (Å²) in [5.41, 5.74) is 0.653. The van der Waals surface area contributed by atoms with Gasteiger partial charge in [-0.05, 0) is 60.9 Å². The Morgan fingerprint density at radius 1 is 0.949 bits per heavy atom. The van der Waals surface area contributed by atoms with Crippen molar-refractivity contribution in [3.05, 3.63) is 94.2 Å². The molecule has 0 aromatic heterocycles. The molecule has 0 heterocycles. The van der Waals surface area contributed by atoms with Crippen LogP contribution >= 0.6 is 23.2 Å². The second kappa shape index (κ2) is 13.3. The first-order valence-electron chi connectivity index (χ1n) is 12.2. The average molecular weight is 595 g/mol. The van der Waals surface area contributed by atoms with Crippen LogP contribution in [0.1, 0.15) is 26.3 Å². The molecule has 0 aliphatic heterocycles. The van der Waals surface area contributed by atoms with E-state index in [1.165, 1.54) is 23.1 Å². The summed E-state index contributed by atoms with van der Waals surface area (Å²) in [5, 5.41) is 2.97. The quantitative estimate of drug-likeness (QED) is 0.317. The van der Waals surface area contributed by atoms with Crippen molar-refractivity contribution in [1.29, 1.82) is 0 Å². The lowest BCUT2D eigenvalue weighted by molar-refractivity contribution is -0.139. The van der Waals surface area contributed by atoms with Crippen LogP contribution in [0, 0.1) is 11.7 Å². The molecule has 3 aromatic carbocycles. The molecule has 1 atom stereocenters. The Morgan fingerprint density at radius 2 is 1.64 bits per heavy atom. The third-order valence-corrected chi connectivity index (χ3v) is 8.21. The lowest BCUT2D eigenvalue weighted by Crippen LogP contribution is -2.51. The Kier molecular flexibility index (Phi) is 10.4. The Bertz CT molecular complexity index is 1420. The van der Waals surface area contributed by atoms with Gasteiger partial charge in [0.1, 0.15) is 18.4 Å². The summed E-state index contributed by atoms with van der Waals surface area (Å²) in [7, 11) is -4.28. The standard InChI is InChI=1S/C28H30Cl2FN3O4S/c1-19(2)16-32-28(36)20(3)33(17-21-8-7-9-22(29)14-21)27(35)18-34(23-12-13-26(31)25(30)15-23)39(37,38)24-10-5-4-6-11-24/h4-15,19-20H,16-18H2,1-3H3,(H,32,36)/t20-/m0/s1. The molecule has 0 bridgehead atoms. The van der Waals surface area contributed by atoms with Crippen LogP contribution in [0.5, 0.6) is 0 Å². The van der Waals surface area contributed by atoms with Crippen LogP contribution in [0.3, 0.4) is 0 Å². The number of halogens is 3. The Morgan fingerprint density at radius 3 is 2.26 bits per heavy atom. The summed E-state index contributed by atoms with van der Waals surface area (Å²) in [6, 6.07) is 16.8. The molecule has 208 valence electrons. The fraction of sp³-hybridized carbons (Fsp3) is 0.286. The molecule has 0 unspecified atom stereocenters. The second-order valence-corrected chi connectivity index (χ2v) is 12.1. The highest BCUT2D eigenvalue weighted by molar-refractivity contribution is 7.92. The molecule has 0 aliphatic rings. The summed E-state index contributed by atoms with van der Waals surface area (Å²) in [4.78, 5) is 28.0. The highest BCUT2D eigenvalue weighted by Gasteiger charge is 2.32. The Labute approximate surface area is 238 Å². The van der Waals surface area contributed by atoms with Crippen LogP contribution in [-0.4, -0.2) is 44.3 Å². The van der Waals surface area contributed by atoms with Crippen LogP contribution in [0.4, 0.5) is 10.1 Å². The fourth-order valence-electron chi connectivity index (χ4n) is 3.76. The number of nitrogens with one attached hydrogen (secondary N) is 1. The maximum absolute atomic E-state index is 13.9. The van der Waals surface area contributed by atoms with Crippen molar-refractivity contribution in [2.75, 3.05) is 17.4 Å². The van der Waals surface area contributed by atoms with Crippen molar-refractivity contribution in [1.82, 2.24) is 10.2 Å². The van der Waals surface area contributed by atoms with Gasteiger partial charge >= 0.3 is 0 Å². The van der Waals surface area contributed by atoms with Gasteiger partial charge < -0.3 is 10.2 Å². The molecule has 3 aromatic rings. The molecule has 0 saturated carbocycles. The van der Waals surface area contributed by atoms with E-state index in [1.807, 2.05) is 13.8 Å². The third-order valence-electron chi connectivity index (χ3n) is 5.90. The minimum Gasteiger partial charge on any atom is -0.354 e. The monoisotopic (exact) mass is 593 g/mol. The summed E-state index contributed by atoms with van der Waals surface area (Å²) < 4.78 is 42.2. The lowest BCUT2D eigenvalue weighted by atomic mass is 10.1. The zero-order valence-corrected chi connectivity index (χ0v) is 24.1. The molecule has 1 N–H and O–H groups in total. The molecular weight excluding hydrogens is 564 g/mol. The van der Waals surface area contributed by atoms with Gasteiger partial charge in [0.2, 0.25) is 11.8 Å². The van der Waals surface area contributed by atoms with Gasteiger partial charge in [0.25, 0.3) is 10.0 Å². The number of carbonyl (C=O) groups excluding carboxylic acids is 2. The highest BCUT2D eigenvalue weighted by Crippen LogP contribution is 2.28. The molecule has 0 spiro atoms. The van der Waals surface area contributed by atoms with Crippen molar-refractivity contribution < 1.29 is 22.4 Å².